The molecule has 5 heteroatoms. The van der Waals surface area contributed by atoms with Crippen LogP contribution in [0.2, 0.25) is 0 Å². The number of phenols is 1. The summed E-state index contributed by atoms with van der Waals surface area (Å²) in [5.74, 6) is 0.187. The molecule has 0 radical (unpaired) electrons. The van der Waals surface area contributed by atoms with Gasteiger partial charge in [0, 0.05) is 18.9 Å². The maximum atomic E-state index is 12.1. The number of aromatic hydroxyl groups is 1. The van der Waals surface area contributed by atoms with Gasteiger partial charge in [-0.25, -0.2) is 4.79 Å². The van der Waals surface area contributed by atoms with E-state index in [9.17, 15) is 9.90 Å². The summed E-state index contributed by atoms with van der Waals surface area (Å²) >= 11 is 0. The predicted octanol–water partition coefficient (Wildman–Crippen LogP) is 4.01. The van der Waals surface area contributed by atoms with Crippen LogP contribution in [-0.4, -0.2) is 16.1 Å². The molecule has 0 fully saturated rings. The lowest BCUT2D eigenvalue weighted by atomic mass is 10.0. The Morgan fingerprint density at radius 3 is 2.42 bits per heavy atom. The van der Waals surface area contributed by atoms with Gasteiger partial charge in [0.15, 0.2) is 0 Å². The molecule has 2 aromatic carbocycles. The highest BCUT2D eigenvalue weighted by Gasteiger charge is 2.09. The maximum absolute atomic E-state index is 12.1. The van der Waals surface area contributed by atoms with Crippen LogP contribution in [0.3, 0.4) is 0 Å². The minimum absolute atomic E-state index is 0.120. The quantitative estimate of drug-likeness (QED) is 0.653. The predicted molar refractivity (Wildman–Crippen MR) is 102 cm³/mol. The molecule has 1 unspecified atom stereocenters. The topological polar surface area (TPSA) is 74.2 Å². The van der Waals surface area contributed by atoms with Gasteiger partial charge in [-0.1, -0.05) is 36.4 Å². The van der Waals surface area contributed by atoms with Crippen molar-refractivity contribution in [2.75, 3.05) is 0 Å². The minimum Gasteiger partial charge on any atom is -0.508 e. The number of phenolic OH excluding ortho intramolecular Hbond substituents is 1. The number of carbonyl (C=O) groups excluding carboxylic acids is 1. The van der Waals surface area contributed by atoms with Crippen molar-refractivity contribution in [3.05, 3.63) is 84.2 Å². The average molecular weight is 347 g/mol. The van der Waals surface area contributed by atoms with E-state index in [-0.39, 0.29) is 17.8 Å². The SMILES string of the molecule is CC(NC(=O)NCc1cccc(O)c1)c1ccc(-c2ccncc2)cc1. The second kappa shape index (κ2) is 8.16. The van der Waals surface area contributed by atoms with Crippen molar-refractivity contribution in [1.82, 2.24) is 15.6 Å². The highest BCUT2D eigenvalue weighted by molar-refractivity contribution is 5.74. The molecular formula is C21H21N3O2. The number of urea groups is 1. The van der Waals surface area contributed by atoms with Gasteiger partial charge in [0.2, 0.25) is 0 Å². The van der Waals surface area contributed by atoms with Gasteiger partial charge < -0.3 is 15.7 Å². The van der Waals surface area contributed by atoms with Gasteiger partial charge >= 0.3 is 6.03 Å². The lowest BCUT2D eigenvalue weighted by Gasteiger charge is -2.16. The zero-order valence-electron chi connectivity index (χ0n) is 14.5. The summed E-state index contributed by atoms with van der Waals surface area (Å²) in [5.41, 5.74) is 4.08. The molecule has 0 aliphatic carbocycles. The van der Waals surface area contributed by atoms with E-state index < -0.39 is 0 Å². The molecular weight excluding hydrogens is 326 g/mol. The Kier molecular flexibility index (Phi) is 5.49. The van der Waals surface area contributed by atoms with E-state index in [4.69, 9.17) is 0 Å². The highest BCUT2D eigenvalue weighted by Crippen LogP contribution is 2.21. The van der Waals surface area contributed by atoms with E-state index in [1.807, 2.05) is 49.4 Å². The lowest BCUT2D eigenvalue weighted by molar-refractivity contribution is 0.237. The molecule has 5 nitrogen and oxygen atoms in total. The van der Waals surface area contributed by atoms with Gasteiger partial charge in [-0.05, 0) is 53.4 Å². The summed E-state index contributed by atoms with van der Waals surface area (Å²) in [6.45, 7) is 2.29. The molecule has 2 amide bonds. The summed E-state index contributed by atoms with van der Waals surface area (Å²) in [6, 6.07) is 18.5. The van der Waals surface area contributed by atoms with Crippen molar-refractivity contribution in [3.63, 3.8) is 0 Å². The smallest absolute Gasteiger partial charge is 0.315 e. The first-order valence-electron chi connectivity index (χ1n) is 8.44. The van der Waals surface area contributed by atoms with E-state index in [1.54, 1.807) is 30.6 Å². The zero-order valence-corrected chi connectivity index (χ0v) is 14.5. The van der Waals surface area contributed by atoms with Gasteiger partial charge in [0.25, 0.3) is 0 Å². The molecule has 0 bridgehead atoms. The van der Waals surface area contributed by atoms with Crippen LogP contribution in [0, 0.1) is 0 Å². The molecule has 0 aliphatic heterocycles. The van der Waals surface area contributed by atoms with E-state index in [0.29, 0.717) is 6.54 Å². The number of carbonyl (C=O) groups is 1. The molecule has 26 heavy (non-hydrogen) atoms. The summed E-state index contributed by atoms with van der Waals surface area (Å²) in [4.78, 5) is 16.1. The zero-order chi connectivity index (χ0) is 18.4. The molecule has 0 spiro atoms. The van der Waals surface area contributed by atoms with Crippen LogP contribution in [0.5, 0.6) is 5.75 Å². The molecule has 1 heterocycles. The third kappa shape index (κ3) is 4.60. The molecule has 0 aliphatic rings. The third-order valence-corrected chi connectivity index (χ3v) is 4.14. The number of amides is 2. The summed E-state index contributed by atoms with van der Waals surface area (Å²) < 4.78 is 0. The fourth-order valence-corrected chi connectivity index (χ4v) is 2.69. The normalized spacial score (nSPS) is 11.6. The molecule has 1 aromatic heterocycles. The van der Waals surface area contributed by atoms with Crippen LogP contribution in [0.1, 0.15) is 24.1 Å². The van der Waals surface area contributed by atoms with Crippen LogP contribution in [0.4, 0.5) is 4.79 Å². The maximum Gasteiger partial charge on any atom is 0.315 e. The molecule has 0 saturated carbocycles. The number of pyridine rings is 1. The summed E-state index contributed by atoms with van der Waals surface area (Å²) in [7, 11) is 0. The van der Waals surface area contributed by atoms with Gasteiger partial charge in [-0.3, -0.25) is 4.98 Å². The van der Waals surface area contributed by atoms with Crippen molar-refractivity contribution in [1.29, 1.82) is 0 Å². The van der Waals surface area contributed by atoms with E-state index in [2.05, 4.69) is 15.6 Å². The summed E-state index contributed by atoms with van der Waals surface area (Å²) in [6.07, 6.45) is 3.54. The number of aromatic nitrogens is 1. The van der Waals surface area contributed by atoms with Gasteiger partial charge in [0.05, 0.1) is 6.04 Å². The fourth-order valence-electron chi connectivity index (χ4n) is 2.69. The van der Waals surface area contributed by atoms with Gasteiger partial charge in [0.1, 0.15) is 5.75 Å². The molecule has 1 atom stereocenters. The third-order valence-electron chi connectivity index (χ3n) is 4.14. The Bertz CT molecular complexity index is 864. The average Bonchev–Trinajstić information content (AvgIpc) is 2.67. The summed E-state index contributed by atoms with van der Waals surface area (Å²) in [5, 5.41) is 15.2. The Balaban J connectivity index is 1.55. The second-order valence-electron chi connectivity index (χ2n) is 6.08. The van der Waals surface area contributed by atoms with Crippen molar-refractivity contribution in [2.24, 2.45) is 0 Å². The Hall–Kier alpha value is -3.34. The Morgan fingerprint density at radius 1 is 1.04 bits per heavy atom. The number of nitrogens with one attached hydrogen (secondary N) is 2. The Morgan fingerprint density at radius 2 is 1.73 bits per heavy atom. The van der Waals surface area contributed by atoms with Crippen molar-refractivity contribution in [2.45, 2.75) is 19.5 Å². The van der Waals surface area contributed by atoms with Crippen LogP contribution in [0.15, 0.2) is 73.1 Å². The van der Waals surface area contributed by atoms with Crippen molar-refractivity contribution in [3.8, 4) is 16.9 Å². The number of benzene rings is 2. The van der Waals surface area contributed by atoms with E-state index in [0.717, 1.165) is 22.3 Å². The van der Waals surface area contributed by atoms with Crippen molar-refractivity contribution >= 4 is 6.03 Å². The van der Waals surface area contributed by atoms with Gasteiger partial charge in [-0.2, -0.15) is 0 Å². The first-order valence-corrected chi connectivity index (χ1v) is 8.44. The van der Waals surface area contributed by atoms with E-state index in [1.165, 1.54) is 0 Å². The van der Waals surface area contributed by atoms with Crippen LogP contribution < -0.4 is 10.6 Å². The van der Waals surface area contributed by atoms with Crippen molar-refractivity contribution < 1.29 is 9.90 Å². The molecule has 3 aromatic rings. The first kappa shape index (κ1) is 17.5. The fraction of sp³-hybridized carbons (Fsp3) is 0.143. The van der Waals surface area contributed by atoms with Gasteiger partial charge in [-0.15, -0.1) is 0 Å². The Labute approximate surface area is 152 Å². The number of nitrogens with zero attached hydrogens (tertiary/aromatic N) is 1. The number of rotatable bonds is 5. The van der Waals surface area contributed by atoms with Crippen LogP contribution >= 0.6 is 0 Å². The number of hydrogen-bond donors (Lipinski definition) is 3. The minimum atomic E-state index is -0.251. The first-order chi connectivity index (χ1) is 12.6. The standard InChI is InChI=1S/C21H21N3O2/c1-15(24-21(26)23-14-16-3-2-4-20(25)13-16)17-5-7-18(8-6-17)19-9-11-22-12-10-19/h2-13,15,25H,14H2,1H3,(H2,23,24,26). The van der Waals surface area contributed by atoms with Crippen LogP contribution in [0.25, 0.3) is 11.1 Å². The molecule has 0 saturated heterocycles. The molecule has 132 valence electrons. The monoisotopic (exact) mass is 347 g/mol. The molecule has 3 N–H and O–H groups in total. The lowest BCUT2D eigenvalue weighted by Crippen LogP contribution is -2.36. The largest absolute Gasteiger partial charge is 0.508 e. The second-order valence-corrected chi connectivity index (χ2v) is 6.08. The number of hydrogen-bond acceptors (Lipinski definition) is 3. The van der Waals surface area contributed by atoms with E-state index >= 15 is 0 Å². The van der Waals surface area contributed by atoms with Crippen LogP contribution in [-0.2, 0) is 6.54 Å². The highest BCUT2D eigenvalue weighted by atomic mass is 16.3. The molecule has 3 rings (SSSR count).